The van der Waals surface area contributed by atoms with Gasteiger partial charge in [0.15, 0.2) is 0 Å². The molecule has 88 valence electrons. The fourth-order valence-corrected chi connectivity index (χ4v) is 3.27. The molecule has 1 aromatic carbocycles. The number of rotatable bonds is 2. The van der Waals surface area contributed by atoms with Crippen molar-refractivity contribution in [2.24, 2.45) is 5.92 Å². The van der Waals surface area contributed by atoms with Gasteiger partial charge in [0.05, 0.1) is 0 Å². The highest BCUT2D eigenvalue weighted by atomic mass is 35.5. The van der Waals surface area contributed by atoms with E-state index in [9.17, 15) is 0 Å². The first kappa shape index (κ1) is 12.2. The van der Waals surface area contributed by atoms with Gasteiger partial charge in [0, 0.05) is 10.0 Å². The van der Waals surface area contributed by atoms with Gasteiger partial charge in [0.1, 0.15) is 0 Å². The van der Waals surface area contributed by atoms with E-state index < -0.39 is 0 Å². The molecule has 0 aliphatic carbocycles. The molecule has 3 heteroatoms. The van der Waals surface area contributed by atoms with E-state index in [1.807, 2.05) is 18.2 Å². The molecule has 1 N–H and O–H groups in total. The lowest BCUT2D eigenvalue weighted by atomic mass is 9.80. The van der Waals surface area contributed by atoms with Gasteiger partial charge in [-0.2, -0.15) is 0 Å². The summed E-state index contributed by atoms with van der Waals surface area (Å²) in [6, 6.07) is 5.80. The quantitative estimate of drug-likeness (QED) is 0.842. The van der Waals surface area contributed by atoms with Crippen LogP contribution in [0.3, 0.4) is 0 Å². The Balaban J connectivity index is 2.34. The topological polar surface area (TPSA) is 12.0 Å². The minimum atomic E-state index is 0.507. The standard InChI is InChI=1S/C13H17Cl2N/c1-2-9-8-16-7-6-10(9)13-11(14)4-3-5-12(13)15/h3-5,9-10,16H,2,6-8H2,1H3. The molecule has 0 amide bonds. The van der Waals surface area contributed by atoms with Crippen molar-refractivity contribution in [2.75, 3.05) is 13.1 Å². The summed E-state index contributed by atoms with van der Waals surface area (Å²) in [5.74, 6) is 1.15. The molecule has 1 saturated heterocycles. The van der Waals surface area contributed by atoms with Crippen LogP contribution in [0, 0.1) is 5.92 Å². The molecule has 0 aromatic heterocycles. The van der Waals surface area contributed by atoms with Gasteiger partial charge >= 0.3 is 0 Å². The van der Waals surface area contributed by atoms with Gasteiger partial charge in [-0.3, -0.25) is 0 Å². The van der Waals surface area contributed by atoms with Gasteiger partial charge in [0.25, 0.3) is 0 Å². The van der Waals surface area contributed by atoms with E-state index in [0.29, 0.717) is 11.8 Å². The fraction of sp³-hybridized carbons (Fsp3) is 0.538. The van der Waals surface area contributed by atoms with Gasteiger partial charge in [0.2, 0.25) is 0 Å². The van der Waals surface area contributed by atoms with E-state index >= 15 is 0 Å². The Hall–Kier alpha value is -0.240. The van der Waals surface area contributed by atoms with Crippen molar-refractivity contribution in [3.8, 4) is 0 Å². The Labute approximate surface area is 107 Å². The fourth-order valence-electron chi connectivity index (χ4n) is 2.60. The van der Waals surface area contributed by atoms with Crippen LogP contribution in [0.15, 0.2) is 18.2 Å². The van der Waals surface area contributed by atoms with Crippen molar-refractivity contribution in [1.82, 2.24) is 5.32 Å². The zero-order chi connectivity index (χ0) is 11.5. The van der Waals surface area contributed by atoms with Crippen molar-refractivity contribution in [3.05, 3.63) is 33.8 Å². The normalized spacial score (nSPS) is 25.7. The van der Waals surface area contributed by atoms with Crippen LogP contribution in [-0.2, 0) is 0 Å². The van der Waals surface area contributed by atoms with Crippen LogP contribution in [0.2, 0.25) is 10.0 Å². The first-order valence-electron chi connectivity index (χ1n) is 5.88. The average Bonchev–Trinajstić information content (AvgIpc) is 2.29. The van der Waals surface area contributed by atoms with E-state index in [1.165, 1.54) is 6.42 Å². The lowest BCUT2D eigenvalue weighted by Crippen LogP contribution is -2.35. The van der Waals surface area contributed by atoms with Gasteiger partial charge < -0.3 is 5.32 Å². The maximum absolute atomic E-state index is 6.28. The Morgan fingerprint density at radius 1 is 1.31 bits per heavy atom. The second-order valence-corrected chi connectivity index (χ2v) is 5.22. The van der Waals surface area contributed by atoms with Crippen molar-refractivity contribution >= 4 is 23.2 Å². The van der Waals surface area contributed by atoms with Crippen LogP contribution >= 0.6 is 23.2 Å². The number of nitrogens with one attached hydrogen (secondary N) is 1. The number of hydrogen-bond acceptors (Lipinski definition) is 1. The van der Waals surface area contributed by atoms with Gasteiger partial charge in [-0.1, -0.05) is 42.6 Å². The van der Waals surface area contributed by atoms with Gasteiger partial charge in [-0.25, -0.2) is 0 Å². The molecular formula is C13H17Cl2N. The van der Waals surface area contributed by atoms with Crippen molar-refractivity contribution < 1.29 is 0 Å². The molecule has 2 unspecified atom stereocenters. The molecule has 1 aromatic rings. The third-order valence-corrected chi connectivity index (χ3v) is 4.16. The summed E-state index contributed by atoms with van der Waals surface area (Å²) in [6.07, 6.45) is 2.29. The summed E-state index contributed by atoms with van der Waals surface area (Å²) >= 11 is 12.6. The van der Waals surface area contributed by atoms with E-state index in [4.69, 9.17) is 23.2 Å². The van der Waals surface area contributed by atoms with E-state index in [-0.39, 0.29) is 0 Å². The molecule has 1 fully saturated rings. The highest BCUT2D eigenvalue weighted by molar-refractivity contribution is 6.36. The lowest BCUT2D eigenvalue weighted by molar-refractivity contribution is 0.318. The van der Waals surface area contributed by atoms with Gasteiger partial charge in [-0.05, 0) is 49.0 Å². The molecule has 2 atom stereocenters. The number of benzene rings is 1. The first-order valence-corrected chi connectivity index (χ1v) is 6.64. The predicted octanol–water partition coefficient (Wildman–Crippen LogP) is 4.10. The molecule has 0 radical (unpaired) electrons. The third-order valence-electron chi connectivity index (χ3n) is 3.50. The van der Waals surface area contributed by atoms with Crippen molar-refractivity contribution in [3.63, 3.8) is 0 Å². The number of piperidine rings is 1. The molecule has 16 heavy (non-hydrogen) atoms. The first-order chi connectivity index (χ1) is 7.74. The largest absolute Gasteiger partial charge is 0.316 e. The molecule has 2 rings (SSSR count). The third kappa shape index (κ3) is 2.37. The van der Waals surface area contributed by atoms with E-state index in [1.54, 1.807) is 0 Å². The Morgan fingerprint density at radius 2 is 2.00 bits per heavy atom. The summed E-state index contributed by atoms with van der Waals surface area (Å²) in [7, 11) is 0. The zero-order valence-corrected chi connectivity index (χ0v) is 11.0. The summed E-state index contributed by atoms with van der Waals surface area (Å²) in [5, 5.41) is 5.07. The minimum absolute atomic E-state index is 0.507. The SMILES string of the molecule is CCC1CNCCC1c1c(Cl)cccc1Cl. The monoisotopic (exact) mass is 257 g/mol. The smallest absolute Gasteiger partial charge is 0.0455 e. The molecule has 1 heterocycles. The highest BCUT2D eigenvalue weighted by Gasteiger charge is 2.28. The molecule has 1 aliphatic rings. The maximum Gasteiger partial charge on any atom is 0.0455 e. The van der Waals surface area contributed by atoms with Crippen molar-refractivity contribution in [1.29, 1.82) is 0 Å². The second kappa shape index (κ2) is 5.39. The summed E-state index contributed by atoms with van der Waals surface area (Å²) in [4.78, 5) is 0. The highest BCUT2D eigenvalue weighted by Crippen LogP contribution is 2.39. The number of halogens is 2. The Bertz CT molecular complexity index is 345. The molecule has 1 aliphatic heterocycles. The zero-order valence-electron chi connectivity index (χ0n) is 9.47. The van der Waals surface area contributed by atoms with Crippen LogP contribution < -0.4 is 5.32 Å². The molecule has 0 bridgehead atoms. The molecule has 1 nitrogen and oxygen atoms in total. The minimum Gasteiger partial charge on any atom is -0.316 e. The molecular weight excluding hydrogens is 241 g/mol. The molecule has 0 spiro atoms. The summed E-state index contributed by atoms with van der Waals surface area (Å²) in [5.41, 5.74) is 1.15. The Kier molecular flexibility index (Phi) is 4.12. The predicted molar refractivity (Wildman–Crippen MR) is 70.5 cm³/mol. The average molecular weight is 258 g/mol. The van der Waals surface area contributed by atoms with Crippen molar-refractivity contribution in [2.45, 2.75) is 25.7 Å². The van der Waals surface area contributed by atoms with Crippen LogP contribution in [0.5, 0.6) is 0 Å². The Morgan fingerprint density at radius 3 is 2.62 bits per heavy atom. The lowest BCUT2D eigenvalue weighted by Gasteiger charge is -2.32. The van der Waals surface area contributed by atoms with Crippen LogP contribution in [0.1, 0.15) is 31.2 Å². The van der Waals surface area contributed by atoms with Gasteiger partial charge in [-0.15, -0.1) is 0 Å². The number of hydrogen-bond donors (Lipinski definition) is 1. The van der Waals surface area contributed by atoms with Crippen LogP contribution in [0.4, 0.5) is 0 Å². The van der Waals surface area contributed by atoms with E-state index in [2.05, 4.69) is 12.2 Å². The summed E-state index contributed by atoms with van der Waals surface area (Å²) < 4.78 is 0. The second-order valence-electron chi connectivity index (χ2n) is 4.40. The molecule has 0 saturated carbocycles. The van der Waals surface area contributed by atoms with Crippen LogP contribution in [0.25, 0.3) is 0 Å². The van der Waals surface area contributed by atoms with E-state index in [0.717, 1.165) is 35.1 Å². The van der Waals surface area contributed by atoms with Crippen LogP contribution in [-0.4, -0.2) is 13.1 Å². The maximum atomic E-state index is 6.28. The summed E-state index contributed by atoms with van der Waals surface area (Å²) in [6.45, 7) is 4.36.